The third kappa shape index (κ3) is 2.11. The maximum atomic E-state index is 5.24. The molecule has 0 unspecified atom stereocenters. The van der Waals surface area contributed by atoms with Crippen molar-refractivity contribution in [1.82, 2.24) is 18.8 Å². The summed E-state index contributed by atoms with van der Waals surface area (Å²) in [6, 6.07) is 36.8. The zero-order valence-electron chi connectivity index (χ0n) is 19.2. The number of nitrogens with zero attached hydrogens (tertiary/aromatic N) is 4. The van der Waals surface area contributed by atoms with Gasteiger partial charge in [0.2, 0.25) is 0 Å². The summed E-state index contributed by atoms with van der Waals surface area (Å²) in [4.78, 5) is 10.2. The Morgan fingerprint density at radius 2 is 1.08 bits per heavy atom. The molecule has 0 fully saturated rings. The Balaban J connectivity index is 1.80. The van der Waals surface area contributed by atoms with Crippen molar-refractivity contribution in [3.63, 3.8) is 0 Å². The van der Waals surface area contributed by atoms with Gasteiger partial charge in [-0.2, -0.15) is 0 Å². The number of hydrogen-bond donors (Lipinski definition) is 0. The van der Waals surface area contributed by atoms with Gasteiger partial charge < -0.3 is 8.80 Å². The van der Waals surface area contributed by atoms with E-state index in [1.54, 1.807) is 0 Å². The van der Waals surface area contributed by atoms with Crippen LogP contribution in [0.25, 0.3) is 76.6 Å². The number of para-hydroxylation sites is 3. The molecule has 166 valence electrons. The molecule has 4 heteroatoms. The van der Waals surface area contributed by atoms with Gasteiger partial charge in [-0.15, -0.1) is 0 Å². The molecular formula is C32H18N4. The van der Waals surface area contributed by atoms with Crippen LogP contribution in [0.4, 0.5) is 0 Å². The Kier molecular flexibility index (Phi) is 3.25. The lowest BCUT2D eigenvalue weighted by molar-refractivity contribution is 1.27. The topological polar surface area (TPSA) is 34.6 Å². The lowest BCUT2D eigenvalue weighted by Crippen LogP contribution is -1.96. The predicted molar refractivity (Wildman–Crippen MR) is 149 cm³/mol. The highest BCUT2D eigenvalue weighted by Gasteiger charge is 2.20. The third-order valence-electron chi connectivity index (χ3n) is 7.67. The van der Waals surface area contributed by atoms with Crippen molar-refractivity contribution in [2.45, 2.75) is 0 Å². The van der Waals surface area contributed by atoms with Gasteiger partial charge in [0.25, 0.3) is 0 Å². The van der Waals surface area contributed by atoms with E-state index in [1.165, 1.54) is 43.6 Å². The fraction of sp³-hybridized carbons (Fsp3) is 0. The number of hydrogen-bond acceptors (Lipinski definition) is 2. The fourth-order valence-electron chi connectivity index (χ4n) is 6.21. The van der Waals surface area contributed by atoms with E-state index in [1.807, 2.05) is 18.3 Å². The second-order valence-corrected chi connectivity index (χ2v) is 9.48. The quantitative estimate of drug-likeness (QED) is 0.231. The average Bonchev–Trinajstić information content (AvgIpc) is 3.44. The standard InChI is InChI=1S/C32H18N4/c1-4-11-24-19(8-1)18-28-30(34-24)29-27(14-7-17-33-29)35-25-12-5-2-9-20(25)22-15-16-23-21-10-3-6-13-26(21)36(28)32(23)31(22)35/h1-18H. The predicted octanol–water partition coefficient (Wildman–Crippen LogP) is 7.90. The minimum absolute atomic E-state index is 0.890. The second-order valence-electron chi connectivity index (χ2n) is 9.48. The number of pyridine rings is 2. The van der Waals surface area contributed by atoms with Crippen molar-refractivity contribution in [3.8, 4) is 0 Å². The number of rotatable bonds is 0. The normalized spacial score (nSPS) is 12.4. The van der Waals surface area contributed by atoms with Crippen molar-refractivity contribution in [1.29, 1.82) is 0 Å². The summed E-state index contributed by atoms with van der Waals surface area (Å²) >= 11 is 0. The highest BCUT2D eigenvalue weighted by atomic mass is 15.0. The van der Waals surface area contributed by atoms with E-state index in [0.29, 0.717) is 0 Å². The van der Waals surface area contributed by atoms with Gasteiger partial charge in [-0.05, 0) is 36.4 Å². The van der Waals surface area contributed by atoms with Crippen molar-refractivity contribution >= 4 is 76.6 Å². The smallest absolute Gasteiger partial charge is 0.116 e. The highest BCUT2D eigenvalue weighted by molar-refractivity contribution is 6.25. The Hall–Kier alpha value is -4.96. The molecule has 0 spiro atoms. The molecule has 0 radical (unpaired) electrons. The van der Waals surface area contributed by atoms with E-state index in [0.717, 1.165) is 33.0 Å². The molecule has 4 aromatic carbocycles. The van der Waals surface area contributed by atoms with Gasteiger partial charge in [-0.3, -0.25) is 4.98 Å². The molecular weight excluding hydrogens is 440 g/mol. The van der Waals surface area contributed by atoms with Crippen LogP contribution in [0.2, 0.25) is 0 Å². The molecule has 5 heterocycles. The number of fused-ring (bicyclic) bond motifs is 12. The van der Waals surface area contributed by atoms with Crippen LogP contribution in [-0.2, 0) is 0 Å². The van der Waals surface area contributed by atoms with Crippen LogP contribution in [0, 0.1) is 0 Å². The molecule has 5 aromatic heterocycles. The largest absolute Gasteiger partial charge is 0.305 e. The lowest BCUT2D eigenvalue weighted by Gasteiger charge is -2.10. The van der Waals surface area contributed by atoms with Gasteiger partial charge in [-0.1, -0.05) is 66.7 Å². The molecule has 9 rings (SSSR count). The first kappa shape index (κ1) is 18.4. The highest BCUT2D eigenvalue weighted by Crippen LogP contribution is 2.41. The molecule has 0 saturated heterocycles. The van der Waals surface area contributed by atoms with Crippen LogP contribution >= 0.6 is 0 Å². The first-order valence-electron chi connectivity index (χ1n) is 12.2. The Morgan fingerprint density at radius 3 is 1.83 bits per heavy atom. The molecule has 0 N–H and O–H groups in total. The third-order valence-corrected chi connectivity index (χ3v) is 7.67. The van der Waals surface area contributed by atoms with Gasteiger partial charge in [0.15, 0.2) is 0 Å². The summed E-state index contributed by atoms with van der Waals surface area (Å²) < 4.78 is 4.80. The van der Waals surface area contributed by atoms with Crippen LogP contribution in [0.5, 0.6) is 0 Å². The Bertz CT molecular complexity index is 2370. The first-order chi connectivity index (χ1) is 17.9. The van der Waals surface area contributed by atoms with Crippen molar-refractivity contribution in [2.24, 2.45) is 0 Å². The first-order valence-corrected chi connectivity index (χ1v) is 12.2. The summed E-state index contributed by atoms with van der Waals surface area (Å²) in [6.45, 7) is 0. The van der Waals surface area contributed by atoms with E-state index in [9.17, 15) is 0 Å². The van der Waals surface area contributed by atoms with E-state index in [4.69, 9.17) is 9.97 Å². The number of aromatic nitrogens is 4. The SMILES string of the molecule is c1ccc2nc3c4ncccc4n4c5ccccc5c5ccc6c7ccccc7n(c3cc2c1)c6c54. The molecule has 0 aliphatic carbocycles. The van der Waals surface area contributed by atoms with Gasteiger partial charge in [0.05, 0.1) is 38.6 Å². The van der Waals surface area contributed by atoms with E-state index in [2.05, 4.69) is 99.8 Å². The van der Waals surface area contributed by atoms with Gasteiger partial charge >= 0.3 is 0 Å². The Labute approximate surface area is 204 Å². The lowest BCUT2D eigenvalue weighted by atomic mass is 10.1. The summed E-state index contributed by atoms with van der Waals surface area (Å²) in [5.41, 5.74) is 9.63. The van der Waals surface area contributed by atoms with Gasteiger partial charge in [0.1, 0.15) is 11.0 Å². The molecule has 0 aliphatic heterocycles. The van der Waals surface area contributed by atoms with Crippen molar-refractivity contribution in [2.75, 3.05) is 0 Å². The van der Waals surface area contributed by atoms with Crippen LogP contribution in [0.1, 0.15) is 0 Å². The van der Waals surface area contributed by atoms with Crippen molar-refractivity contribution in [3.05, 3.63) is 109 Å². The van der Waals surface area contributed by atoms with Gasteiger partial charge in [-0.25, -0.2) is 4.98 Å². The molecule has 36 heavy (non-hydrogen) atoms. The van der Waals surface area contributed by atoms with Crippen molar-refractivity contribution < 1.29 is 0 Å². The number of benzene rings is 4. The maximum Gasteiger partial charge on any atom is 0.116 e. The summed E-state index contributed by atoms with van der Waals surface area (Å²) in [6.07, 6.45) is 1.87. The molecule has 0 atom stereocenters. The van der Waals surface area contributed by atoms with Crippen LogP contribution in [-0.4, -0.2) is 18.8 Å². The zero-order valence-corrected chi connectivity index (χ0v) is 19.2. The van der Waals surface area contributed by atoms with Crippen LogP contribution < -0.4 is 0 Å². The minimum Gasteiger partial charge on any atom is -0.305 e. The summed E-state index contributed by atoms with van der Waals surface area (Å²) in [5.74, 6) is 0. The molecule has 9 aromatic rings. The monoisotopic (exact) mass is 458 g/mol. The fourth-order valence-corrected chi connectivity index (χ4v) is 6.21. The summed E-state index contributed by atoms with van der Waals surface area (Å²) in [7, 11) is 0. The molecule has 4 nitrogen and oxygen atoms in total. The van der Waals surface area contributed by atoms with E-state index < -0.39 is 0 Å². The molecule has 0 bridgehead atoms. The van der Waals surface area contributed by atoms with Crippen LogP contribution in [0.3, 0.4) is 0 Å². The van der Waals surface area contributed by atoms with Gasteiger partial charge in [0, 0.05) is 33.1 Å². The second kappa shape index (κ2) is 6.37. The molecule has 0 aliphatic rings. The van der Waals surface area contributed by atoms with Crippen LogP contribution in [0.15, 0.2) is 109 Å². The summed E-state index contributed by atoms with van der Waals surface area (Å²) in [5, 5.41) is 6.09. The van der Waals surface area contributed by atoms with E-state index in [-0.39, 0.29) is 0 Å². The Morgan fingerprint density at radius 1 is 0.472 bits per heavy atom. The molecule has 0 saturated carbocycles. The molecule has 0 amide bonds. The minimum atomic E-state index is 0.890. The maximum absolute atomic E-state index is 5.24. The zero-order chi connectivity index (χ0) is 23.4. The van der Waals surface area contributed by atoms with E-state index >= 15 is 0 Å². The average molecular weight is 459 g/mol.